The number of allylic oxidation sites excluding steroid dienone is 2. The van der Waals surface area contributed by atoms with Crippen molar-refractivity contribution in [3.05, 3.63) is 11.6 Å². The molecule has 0 aromatic carbocycles. The molecule has 4 saturated carbocycles. The highest BCUT2D eigenvalue weighted by molar-refractivity contribution is 9.09. The molecule has 0 heterocycles. The van der Waals surface area contributed by atoms with E-state index in [0.29, 0.717) is 23.7 Å². The van der Waals surface area contributed by atoms with E-state index in [4.69, 9.17) is 14.2 Å². The average Bonchev–Trinajstić information content (AvgIpc) is 3.30. The monoisotopic (exact) mass is 714 g/mol. The zero-order valence-electron chi connectivity index (χ0n) is 27.6. The van der Waals surface area contributed by atoms with E-state index in [-0.39, 0.29) is 62.1 Å². The normalized spacial score (nSPS) is 41.4. The Hall–Kier alpha value is -0.400. The van der Waals surface area contributed by atoms with E-state index >= 15 is 0 Å². The summed E-state index contributed by atoms with van der Waals surface area (Å²) in [6, 6.07) is 0. The highest BCUT2D eigenvalue weighted by atomic mass is 79.9. The van der Waals surface area contributed by atoms with Gasteiger partial charge >= 0.3 is 11.9 Å². The molecule has 0 radical (unpaired) electrons. The lowest BCUT2D eigenvalue weighted by molar-refractivity contribution is -0.246. The molecular formula is C35H56Br2O5. The zero-order chi connectivity index (χ0) is 31.3. The molecule has 9 atom stereocenters. The minimum absolute atomic E-state index is 0.0642. The Bertz CT molecular complexity index is 1050. The van der Waals surface area contributed by atoms with Gasteiger partial charge in [-0.2, -0.15) is 0 Å². The van der Waals surface area contributed by atoms with Gasteiger partial charge < -0.3 is 14.2 Å². The van der Waals surface area contributed by atoms with Gasteiger partial charge in [0.1, 0.15) is 22.9 Å². The molecule has 0 spiro atoms. The molecule has 240 valence electrons. The fraction of sp³-hybridized carbons (Fsp3) is 0.886. The Morgan fingerprint density at radius 3 is 2.12 bits per heavy atom. The van der Waals surface area contributed by atoms with Crippen molar-refractivity contribution in [3.8, 4) is 0 Å². The van der Waals surface area contributed by atoms with Crippen molar-refractivity contribution < 1.29 is 23.8 Å². The van der Waals surface area contributed by atoms with E-state index in [0.717, 1.165) is 44.9 Å². The number of hydrogen-bond donors (Lipinski definition) is 0. The van der Waals surface area contributed by atoms with Crippen LogP contribution < -0.4 is 0 Å². The summed E-state index contributed by atoms with van der Waals surface area (Å²) in [4.78, 5) is 25.2. The van der Waals surface area contributed by atoms with Crippen molar-refractivity contribution in [3.63, 3.8) is 0 Å². The topological polar surface area (TPSA) is 61.8 Å². The highest BCUT2D eigenvalue weighted by Gasteiger charge is 2.71. The fourth-order valence-electron chi connectivity index (χ4n) is 10.8. The molecule has 0 aromatic heterocycles. The summed E-state index contributed by atoms with van der Waals surface area (Å²) in [5, 5.41) is 0.468. The predicted molar refractivity (Wildman–Crippen MR) is 176 cm³/mol. The van der Waals surface area contributed by atoms with Gasteiger partial charge in [0.25, 0.3) is 0 Å². The summed E-state index contributed by atoms with van der Waals surface area (Å²) in [5.74, 6) is 1.31. The third-order valence-corrected chi connectivity index (χ3v) is 14.3. The molecule has 4 aliphatic rings. The Morgan fingerprint density at radius 2 is 1.50 bits per heavy atom. The number of hydrogen-bond acceptors (Lipinski definition) is 5. The SMILES string of the molecule is COC(C)(C)CC/C=C(/C)[C@H]1CC[C@]2(C)[C@@H]1[C@H](OC(=O)CBr)C[C@@H]1[C@@]3(C)CC[C@H](OC(=O)CBr)C(C)(C)[C@@H]3CC[C@]12C. The number of esters is 2. The van der Waals surface area contributed by atoms with Crippen LogP contribution in [0.2, 0.25) is 0 Å². The molecule has 4 aliphatic carbocycles. The maximum Gasteiger partial charge on any atom is 0.316 e. The number of alkyl halides is 2. The lowest BCUT2D eigenvalue weighted by Gasteiger charge is -2.70. The first-order valence-electron chi connectivity index (χ1n) is 16.2. The largest absolute Gasteiger partial charge is 0.461 e. The molecule has 0 amide bonds. The summed E-state index contributed by atoms with van der Waals surface area (Å²) in [6.45, 7) is 18.9. The van der Waals surface area contributed by atoms with Gasteiger partial charge in [0.05, 0.1) is 5.60 Å². The van der Waals surface area contributed by atoms with Crippen molar-refractivity contribution in [1.82, 2.24) is 0 Å². The Balaban J connectivity index is 1.69. The lowest BCUT2D eigenvalue weighted by Crippen LogP contribution is -2.66. The van der Waals surface area contributed by atoms with E-state index in [9.17, 15) is 9.59 Å². The second-order valence-electron chi connectivity index (χ2n) is 16.0. The van der Waals surface area contributed by atoms with Crippen LogP contribution in [0.4, 0.5) is 0 Å². The van der Waals surface area contributed by atoms with E-state index < -0.39 is 0 Å². The quantitative estimate of drug-likeness (QED) is 0.135. The first-order valence-corrected chi connectivity index (χ1v) is 18.5. The van der Waals surface area contributed by atoms with E-state index in [2.05, 4.69) is 93.3 Å². The minimum atomic E-state index is -0.168. The van der Waals surface area contributed by atoms with Crippen molar-refractivity contribution in [2.45, 2.75) is 131 Å². The second kappa shape index (κ2) is 12.4. The first kappa shape index (κ1) is 34.5. The van der Waals surface area contributed by atoms with Crippen LogP contribution in [0.5, 0.6) is 0 Å². The maximum absolute atomic E-state index is 12.9. The number of rotatable bonds is 9. The summed E-state index contributed by atoms with van der Waals surface area (Å²) < 4.78 is 18.1. The van der Waals surface area contributed by atoms with E-state index in [1.807, 2.05) is 0 Å². The van der Waals surface area contributed by atoms with Gasteiger partial charge in [-0.1, -0.05) is 78.1 Å². The van der Waals surface area contributed by atoms with Crippen LogP contribution in [-0.4, -0.2) is 47.5 Å². The smallest absolute Gasteiger partial charge is 0.316 e. The molecule has 0 aromatic rings. The van der Waals surface area contributed by atoms with Gasteiger partial charge in [-0.3, -0.25) is 9.59 Å². The third-order valence-electron chi connectivity index (χ3n) is 13.4. The van der Waals surface area contributed by atoms with Gasteiger partial charge in [0.2, 0.25) is 0 Å². The van der Waals surface area contributed by atoms with Gasteiger partial charge in [-0.05, 0) is 113 Å². The van der Waals surface area contributed by atoms with Crippen LogP contribution in [-0.2, 0) is 23.8 Å². The Labute approximate surface area is 272 Å². The zero-order valence-corrected chi connectivity index (χ0v) is 30.8. The van der Waals surface area contributed by atoms with Crippen molar-refractivity contribution >= 4 is 43.8 Å². The Morgan fingerprint density at radius 1 is 0.881 bits per heavy atom. The van der Waals surface area contributed by atoms with E-state index in [1.165, 1.54) is 18.4 Å². The number of ether oxygens (including phenoxy) is 3. The van der Waals surface area contributed by atoms with Crippen molar-refractivity contribution in [2.24, 2.45) is 45.3 Å². The van der Waals surface area contributed by atoms with Crippen LogP contribution in [0.25, 0.3) is 0 Å². The van der Waals surface area contributed by atoms with Crippen molar-refractivity contribution in [2.75, 3.05) is 17.8 Å². The highest BCUT2D eigenvalue weighted by Crippen LogP contribution is 2.76. The molecule has 4 fully saturated rings. The molecule has 7 heteroatoms. The van der Waals surface area contributed by atoms with Crippen LogP contribution in [0.1, 0.15) is 113 Å². The predicted octanol–water partition coefficient (Wildman–Crippen LogP) is 9.05. The van der Waals surface area contributed by atoms with E-state index in [1.54, 1.807) is 7.11 Å². The molecule has 0 N–H and O–H groups in total. The second-order valence-corrected chi connectivity index (χ2v) is 17.1. The van der Waals surface area contributed by atoms with Gasteiger partial charge in [-0.15, -0.1) is 0 Å². The fourth-order valence-corrected chi connectivity index (χ4v) is 11.1. The molecule has 0 unspecified atom stereocenters. The Kier molecular flexibility index (Phi) is 10.2. The van der Waals surface area contributed by atoms with Gasteiger partial charge in [-0.25, -0.2) is 0 Å². The number of carbonyl (C=O) groups is 2. The maximum atomic E-state index is 12.9. The average molecular weight is 717 g/mol. The molecule has 42 heavy (non-hydrogen) atoms. The summed E-state index contributed by atoms with van der Waals surface area (Å²) in [7, 11) is 1.79. The number of carbonyl (C=O) groups excluding carboxylic acids is 2. The number of methoxy groups -OCH3 is 1. The number of halogens is 2. The molecular weight excluding hydrogens is 660 g/mol. The molecule has 0 aliphatic heterocycles. The first-order chi connectivity index (χ1) is 19.5. The van der Waals surface area contributed by atoms with Gasteiger partial charge in [0.15, 0.2) is 0 Å². The minimum Gasteiger partial charge on any atom is -0.461 e. The standard InChI is InChI=1S/C35H56Br2O5/c1-22(11-10-15-31(2,3)40-9)23-12-17-35(8)30(23)24(41-28(38)20-36)19-26-33(6)16-14-27(42-29(39)21-37)32(4,5)25(33)13-18-34(26,35)7/h11,23-27,30H,10,12-21H2,1-9H3/b22-11-/t23-,24-,25+,26-,27+,30+,33+,34-,35-/m1/s1. The van der Waals surface area contributed by atoms with Crippen LogP contribution >= 0.6 is 31.9 Å². The van der Waals surface area contributed by atoms with Crippen LogP contribution in [0.3, 0.4) is 0 Å². The summed E-state index contributed by atoms with van der Waals surface area (Å²) in [6.07, 6.45) is 11.8. The molecule has 0 bridgehead atoms. The van der Waals surface area contributed by atoms with Crippen LogP contribution in [0.15, 0.2) is 11.6 Å². The molecule has 5 nitrogen and oxygen atoms in total. The van der Waals surface area contributed by atoms with Crippen LogP contribution in [0, 0.1) is 45.3 Å². The summed E-state index contributed by atoms with van der Waals surface area (Å²) >= 11 is 6.67. The lowest BCUT2D eigenvalue weighted by atomic mass is 9.35. The van der Waals surface area contributed by atoms with Crippen molar-refractivity contribution in [1.29, 1.82) is 0 Å². The van der Waals surface area contributed by atoms with Gasteiger partial charge in [0, 0.05) is 18.4 Å². The summed E-state index contributed by atoms with van der Waals surface area (Å²) in [5.41, 5.74) is 1.54. The molecule has 4 rings (SSSR count). The molecule has 0 saturated heterocycles. The third kappa shape index (κ3) is 5.83. The number of fused-ring (bicyclic) bond motifs is 5.